The Morgan fingerprint density at radius 2 is 2.00 bits per heavy atom. The third-order valence-corrected chi connectivity index (χ3v) is 5.83. The lowest BCUT2D eigenvalue weighted by molar-refractivity contribution is -0.953. The smallest absolute Gasteiger partial charge is 0.138 e. The molecule has 2 aromatic heterocycles. The maximum atomic E-state index is 5.47. The van der Waals surface area contributed by atoms with Gasteiger partial charge in [-0.1, -0.05) is 0 Å². The van der Waals surface area contributed by atoms with E-state index in [1.54, 1.807) is 22.6 Å². The van der Waals surface area contributed by atoms with E-state index in [1.807, 2.05) is 0 Å². The highest BCUT2D eigenvalue weighted by Gasteiger charge is 2.32. The molecule has 0 aromatic carbocycles. The monoisotopic (exact) mass is 321 g/mol. The van der Waals surface area contributed by atoms with Crippen LogP contribution in [-0.2, 0) is 4.74 Å². The first-order chi connectivity index (χ1) is 10.5. The molecule has 1 aliphatic rings. The van der Waals surface area contributed by atoms with Gasteiger partial charge in [-0.2, -0.15) is 0 Å². The average Bonchev–Trinajstić information content (AvgIpc) is 2.82. The van der Waals surface area contributed by atoms with Gasteiger partial charge in [-0.3, -0.25) is 0 Å². The van der Waals surface area contributed by atoms with Crippen LogP contribution in [0.3, 0.4) is 0 Å². The van der Waals surface area contributed by atoms with Crippen molar-refractivity contribution in [3.05, 3.63) is 16.8 Å². The summed E-state index contributed by atoms with van der Waals surface area (Å²) in [6.07, 6.45) is 1.66. The molecule has 1 fully saturated rings. The molecule has 0 radical (unpaired) electrons. The zero-order valence-corrected chi connectivity index (χ0v) is 14.6. The largest absolute Gasteiger partial charge is 0.370 e. The normalized spacial score (nSPS) is 17.1. The fourth-order valence-corrected chi connectivity index (χ4v) is 4.04. The van der Waals surface area contributed by atoms with E-state index in [-0.39, 0.29) is 5.54 Å². The number of morpholine rings is 1. The van der Waals surface area contributed by atoms with Crippen molar-refractivity contribution in [2.45, 2.75) is 33.2 Å². The van der Waals surface area contributed by atoms with Crippen LogP contribution in [0, 0.1) is 13.8 Å². The first-order valence-corrected chi connectivity index (χ1v) is 8.68. The Morgan fingerprint density at radius 3 is 2.73 bits per heavy atom. The van der Waals surface area contributed by atoms with Gasteiger partial charge in [0.25, 0.3) is 0 Å². The molecule has 2 aromatic rings. The molecule has 5 nitrogen and oxygen atoms in total. The van der Waals surface area contributed by atoms with Crippen molar-refractivity contribution in [1.29, 1.82) is 0 Å². The van der Waals surface area contributed by atoms with E-state index >= 15 is 0 Å². The van der Waals surface area contributed by atoms with Crippen molar-refractivity contribution in [2.75, 3.05) is 38.2 Å². The van der Waals surface area contributed by atoms with Crippen LogP contribution in [0.25, 0.3) is 10.2 Å². The van der Waals surface area contributed by atoms with Gasteiger partial charge < -0.3 is 15.0 Å². The number of aromatic nitrogens is 2. The zero-order valence-electron chi connectivity index (χ0n) is 13.8. The van der Waals surface area contributed by atoms with Gasteiger partial charge in [-0.05, 0) is 33.3 Å². The van der Waals surface area contributed by atoms with Crippen molar-refractivity contribution in [2.24, 2.45) is 0 Å². The molecule has 3 rings (SSSR count). The van der Waals surface area contributed by atoms with E-state index in [4.69, 9.17) is 4.74 Å². The van der Waals surface area contributed by atoms with E-state index in [1.165, 1.54) is 15.8 Å². The lowest BCUT2D eigenvalue weighted by atomic mass is 10.0. The van der Waals surface area contributed by atoms with E-state index in [0.29, 0.717) is 0 Å². The average molecular weight is 321 g/mol. The number of quaternary nitrogens is 1. The molecular formula is C16H25N4OS+. The number of aryl methyl sites for hydroxylation is 2. The van der Waals surface area contributed by atoms with Gasteiger partial charge in [0.2, 0.25) is 0 Å². The molecule has 0 bridgehead atoms. The second-order valence-corrected chi connectivity index (χ2v) is 7.84. The Labute approximate surface area is 135 Å². The summed E-state index contributed by atoms with van der Waals surface area (Å²) in [6, 6.07) is 0. The van der Waals surface area contributed by atoms with Crippen molar-refractivity contribution >= 4 is 27.4 Å². The predicted octanol–water partition coefficient (Wildman–Crippen LogP) is 1.41. The van der Waals surface area contributed by atoms with E-state index in [0.717, 1.165) is 43.5 Å². The predicted molar refractivity (Wildman–Crippen MR) is 91.0 cm³/mol. The molecule has 0 unspecified atom stereocenters. The number of hydrogen-bond acceptors (Lipinski definition) is 5. The quantitative estimate of drug-likeness (QED) is 0.894. The zero-order chi connectivity index (χ0) is 15.7. The summed E-state index contributed by atoms with van der Waals surface area (Å²) in [5.74, 6) is 0.965. The molecule has 1 saturated heterocycles. The number of ether oxygens (including phenoxy) is 1. The summed E-state index contributed by atoms with van der Waals surface area (Å²) in [7, 11) is 0. The lowest BCUT2D eigenvalue weighted by Gasteiger charge is -2.37. The molecule has 0 amide bonds. The van der Waals surface area contributed by atoms with Crippen LogP contribution in [0.1, 0.15) is 24.3 Å². The van der Waals surface area contributed by atoms with Gasteiger partial charge in [-0.25, -0.2) is 9.97 Å². The number of anilines is 1. The minimum absolute atomic E-state index is 0.153. The van der Waals surface area contributed by atoms with Crippen LogP contribution in [0.2, 0.25) is 0 Å². The van der Waals surface area contributed by atoms with Gasteiger partial charge in [0.15, 0.2) is 0 Å². The topological polar surface area (TPSA) is 51.5 Å². The molecule has 0 atom stereocenters. The highest BCUT2D eigenvalue weighted by atomic mass is 32.1. The summed E-state index contributed by atoms with van der Waals surface area (Å²) in [5, 5.41) is 4.75. The Hall–Kier alpha value is -1.24. The minimum atomic E-state index is 0.153. The van der Waals surface area contributed by atoms with Crippen LogP contribution in [0.5, 0.6) is 0 Å². The van der Waals surface area contributed by atoms with Crippen molar-refractivity contribution in [1.82, 2.24) is 9.97 Å². The SMILES string of the molecule is Cc1sc2ncnc(NCC(C)(C)[NH+]3CCOCC3)c2c1C. The van der Waals surface area contributed by atoms with E-state index in [9.17, 15) is 0 Å². The maximum absolute atomic E-state index is 5.47. The van der Waals surface area contributed by atoms with Crippen LogP contribution in [0.4, 0.5) is 5.82 Å². The fourth-order valence-electron chi connectivity index (χ4n) is 3.04. The standard InChI is InChI=1S/C16H24N4OS/c1-11-12(2)22-15-13(11)14(18-10-19-15)17-9-16(3,4)20-5-7-21-8-6-20/h10H,5-9H2,1-4H3,(H,17,18,19)/p+1. The van der Waals surface area contributed by atoms with Gasteiger partial charge in [-0.15, -0.1) is 11.3 Å². The molecule has 0 aliphatic carbocycles. The molecule has 3 heterocycles. The molecule has 120 valence electrons. The van der Waals surface area contributed by atoms with E-state index in [2.05, 4.69) is 43.0 Å². The van der Waals surface area contributed by atoms with Gasteiger partial charge in [0.05, 0.1) is 25.1 Å². The Bertz CT molecular complexity index is 661. The van der Waals surface area contributed by atoms with Crippen molar-refractivity contribution in [3.8, 4) is 0 Å². The maximum Gasteiger partial charge on any atom is 0.138 e. The molecule has 2 N–H and O–H groups in total. The summed E-state index contributed by atoms with van der Waals surface area (Å²) in [4.78, 5) is 12.9. The molecule has 6 heteroatoms. The third-order valence-electron chi connectivity index (χ3n) is 4.72. The second-order valence-electron chi connectivity index (χ2n) is 6.64. The molecular weight excluding hydrogens is 296 g/mol. The van der Waals surface area contributed by atoms with Gasteiger partial charge in [0.1, 0.15) is 35.6 Å². The fraction of sp³-hybridized carbons (Fsp3) is 0.625. The van der Waals surface area contributed by atoms with Gasteiger partial charge in [0, 0.05) is 4.88 Å². The second kappa shape index (κ2) is 6.10. The number of hydrogen-bond donors (Lipinski definition) is 2. The third kappa shape index (κ3) is 2.95. The van der Waals surface area contributed by atoms with Crippen LogP contribution in [0.15, 0.2) is 6.33 Å². The lowest BCUT2D eigenvalue weighted by Crippen LogP contribution is -3.21. The number of nitrogens with one attached hydrogen (secondary N) is 2. The molecule has 1 aliphatic heterocycles. The summed E-state index contributed by atoms with van der Waals surface area (Å²) in [5.41, 5.74) is 1.44. The number of fused-ring (bicyclic) bond motifs is 1. The molecule has 0 saturated carbocycles. The highest BCUT2D eigenvalue weighted by Crippen LogP contribution is 2.32. The molecule has 0 spiro atoms. The summed E-state index contributed by atoms with van der Waals surface area (Å²) in [6.45, 7) is 13.7. The minimum Gasteiger partial charge on any atom is -0.370 e. The summed E-state index contributed by atoms with van der Waals surface area (Å²) < 4.78 is 5.47. The van der Waals surface area contributed by atoms with Crippen molar-refractivity contribution in [3.63, 3.8) is 0 Å². The number of thiophene rings is 1. The Morgan fingerprint density at radius 1 is 1.27 bits per heavy atom. The number of nitrogens with zero attached hydrogens (tertiary/aromatic N) is 2. The first kappa shape index (κ1) is 15.6. The molecule has 22 heavy (non-hydrogen) atoms. The number of rotatable bonds is 4. The van der Waals surface area contributed by atoms with E-state index < -0.39 is 0 Å². The van der Waals surface area contributed by atoms with Crippen LogP contribution >= 0.6 is 11.3 Å². The van der Waals surface area contributed by atoms with Gasteiger partial charge >= 0.3 is 0 Å². The van der Waals surface area contributed by atoms with Crippen LogP contribution in [-0.4, -0.2) is 48.4 Å². The Balaban J connectivity index is 1.78. The first-order valence-electron chi connectivity index (χ1n) is 7.86. The summed E-state index contributed by atoms with van der Waals surface area (Å²) >= 11 is 1.74. The van der Waals surface area contributed by atoms with Crippen molar-refractivity contribution < 1.29 is 9.64 Å². The Kier molecular flexibility index (Phi) is 4.34. The van der Waals surface area contributed by atoms with Crippen LogP contribution < -0.4 is 10.2 Å². The highest BCUT2D eigenvalue weighted by molar-refractivity contribution is 7.18.